The van der Waals surface area contributed by atoms with E-state index in [1.807, 2.05) is 0 Å². The Morgan fingerprint density at radius 3 is 2.76 bits per heavy atom. The van der Waals surface area contributed by atoms with Crippen LogP contribution in [0, 0.1) is 5.92 Å². The molecule has 0 unspecified atom stereocenters. The number of nitrogens with zero attached hydrogens (tertiary/aromatic N) is 2. The van der Waals surface area contributed by atoms with Gasteiger partial charge < -0.3 is 10.5 Å². The van der Waals surface area contributed by atoms with Crippen LogP contribution in [0.3, 0.4) is 0 Å². The van der Waals surface area contributed by atoms with Crippen molar-refractivity contribution in [2.75, 3.05) is 12.3 Å². The lowest BCUT2D eigenvalue weighted by Crippen LogP contribution is -2.15. The molecular weight excluding hydrogens is 214 g/mol. The predicted molar refractivity (Wildman–Crippen MR) is 68.0 cm³/mol. The van der Waals surface area contributed by atoms with Crippen molar-refractivity contribution in [1.29, 1.82) is 0 Å². The fourth-order valence-corrected chi connectivity index (χ4v) is 2.15. The summed E-state index contributed by atoms with van der Waals surface area (Å²) in [6, 6.07) is 0. The van der Waals surface area contributed by atoms with Crippen molar-refractivity contribution < 1.29 is 4.74 Å². The van der Waals surface area contributed by atoms with Crippen LogP contribution in [-0.2, 0) is 0 Å². The Hall–Kier alpha value is -1.32. The number of nitrogens with two attached hydrogens (primary N) is 1. The van der Waals surface area contributed by atoms with Gasteiger partial charge in [-0.05, 0) is 18.3 Å². The average Bonchev–Trinajstić information content (AvgIpc) is 2.21. The van der Waals surface area contributed by atoms with Gasteiger partial charge in [0.2, 0.25) is 5.88 Å². The Balaban J connectivity index is 1.96. The van der Waals surface area contributed by atoms with Crippen molar-refractivity contribution in [1.82, 2.24) is 9.97 Å². The SMILES string of the molecule is CC(C)c1c(N)ncnc1OCCC1CCC1. The Labute approximate surface area is 103 Å². The minimum absolute atomic E-state index is 0.287. The van der Waals surface area contributed by atoms with Crippen LogP contribution in [-0.4, -0.2) is 16.6 Å². The molecule has 2 rings (SSSR count). The van der Waals surface area contributed by atoms with E-state index >= 15 is 0 Å². The summed E-state index contributed by atoms with van der Waals surface area (Å²) in [5.41, 5.74) is 6.79. The first-order valence-corrected chi connectivity index (χ1v) is 6.41. The van der Waals surface area contributed by atoms with Gasteiger partial charge in [-0.25, -0.2) is 9.97 Å². The molecule has 0 atom stereocenters. The molecule has 1 heterocycles. The fraction of sp³-hybridized carbons (Fsp3) is 0.692. The van der Waals surface area contributed by atoms with Crippen molar-refractivity contribution >= 4 is 5.82 Å². The molecule has 17 heavy (non-hydrogen) atoms. The van der Waals surface area contributed by atoms with Gasteiger partial charge in [0.25, 0.3) is 0 Å². The molecule has 1 saturated carbocycles. The van der Waals surface area contributed by atoms with Crippen molar-refractivity contribution in [3.63, 3.8) is 0 Å². The third kappa shape index (κ3) is 2.87. The van der Waals surface area contributed by atoms with E-state index in [-0.39, 0.29) is 5.92 Å². The Morgan fingerprint density at radius 2 is 2.18 bits per heavy atom. The first-order chi connectivity index (χ1) is 8.18. The van der Waals surface area contributed by atoms with Crippen LogP contribution in [0.25, 0.3) is 0 Å². The van der Waals surface area contributed by atoms with Gasteiger partial charge in [-0.2, -0.15) is 0 Å². The number of ether oxygens (including phenoxy) is 1. The smallest absolute Gasteiger partial charge is 0.222 e. The molecule has 1 aromatic rings. The molecule has 2 N–H and O–H groups in total. The normalized spacial score (nSPS) is 15.9. The van der Waals surface area contributed by atoms with E-state index < -0.39 is 0 Å². The highest BCUT2D eigenvalue weighted by Crippen LogP contribution is 2.31. The van der Waals surface area contributed by atoms with Crippen LogP contribution in [0.4, 0.5) is 5.82 Å². The van der Waals surface area contributed by atoms with Gasteiger partial charge in [-0.15, -0.1) is 0 Å². The molecule has 4 heteroatoms. The quantitative estimate of drug-likeness (QED) is 0.852. The van der Waals surface area contributed by atoms with E-state index in [1.54, 1.807) is 0 Å². The van der Waals surface area contributed by atoms with Crippen molar-refractivity contribution in [3.05, 3.63) is 11.9 Å². The van der Waals surface area contributed by atoms with Crippen LogP contribution in [0.5, 0.6) is 5.88 Å². The molecule has 1 fully saturated rings. The number of rotatable bonds is 5. The molecule has 1 aromatic heterocycles. The molecular formula is C13H21N3O. The highest BCUT2D eigenvalue weighted by Gasteiger charge is 2.18. The molecule has 4 nitrogen and oxygen atoms in total. The average molecular weight is 235 g/mol. The predicted octanol–water partition coefficient (Wildman–Crippen LogP) is 2.75. The lowest BCUT2D eigenvalue weighted by molar-refractivity contribution is 0.215. The minimum Gasteiger partial charge on any atom is -0.477 e. The summed E-state index contributed by atoms with van der Waals surface area (Å²) in [5.74, 6) is 2.34. The zero-order valence-corrected chi connectivity index (χ0v) is 10.6. The monoisotopic (exact) mass is 235 g/mol. The Kier molecular flexibility index (Phi) is 3.82. The molecule has 0 aromatic carbocycles. The van der Waals surface area contributed by atoms with E-state index in [2.05, 4.69) is 23.8 Å². The standard InChI is InChI=1S/C13H21N3O/c1-9(2)11-12(14)15-8-16-13(11)17-7-6-10-4-3-5-10/h8-10H,3-7H2,1-2H3,(H2,14,15,16). The summed E-state index contributed by atoms with van der Waals surface area (Å²) >= 11 is 0. The Bertz CT molecular complexity index is 375. The third-order valence-corrected chi connectivity index (χ3v) is 3.45. The summed E-state index contributed by atoms with van der Waals surface area (Å²) in [7, 11) is 0. The van der Waals surface area contributed by atoms with Crippen LogP contribution in [0.1, 0.15) is 51.0 Å². The number of aromatic nitrogens is 2. The lowest BCUT2D eigenvalue weighted by atomic mass is 9.83. The van der Waals surface area contributed by atoms with Gasteiger partial charge in [-0.1, -0.05) is 33.1 Å². The number of hydrogen-bond acceptors (Lipinski definition) is 4. The first kappa shape index (κ1) is 12.1. The fourth-order valence-electron chi connectivity index (χ4n) is 2.15. The maximum atomic E-state index is 5.86. The van der Waals surface area contributed by atoms with Crippen LogP contribution in [0.2, 0.25) is 0 Å². The van der Waals surface area contributed by atoms with Gasteiger partial charge in [0, 0.05) is 0 Å². The zero-order valence-electron chi connectivity index (χ0n) is 10.6. The van der Waals surface area contributed by atoms with Gasteiger partial charge >= 0.3 is 0 Å². The second-order valence-corrected chi connectivity index (χ2v) is 5.07. The number of nitrogen functional groups attached to an aromatic ring is 1. The molecule has 0 bridgehead atoms. The van der Waals surface area contributed by atoms with Gasteiger partial charge in [-0.3, -0.25) is 0 Å². The third-order valence-electron chi connectivity index (χ3n) is 3.45. The zero-order chi connectivity index (χ0) is 12.3. The van der Waals surface area contributed by atoms with Gasteiger partial charge in [0.15, 0.2) is 0 Å². The second kappa shape index (κ2) is 5.34. The van der Waals surface area contributed by atoms with E-state index in [1.165, 1.54) is 25.6 Å². The van der Waals surface area contributed by atoms with Crippen molar-refractivity contribution in [2.24, 2.45) is 5.92 Å². The van der Waals surface area contributed by atoms with Crippen LogP contribution in [0.15, 0.2) is 6.33 Å². The molecule has 0 spiro atoms. The van der Waals surface area contributed by atoms with Crippen molar-refractivity contribution in [2.45, 2.75) is 45.4 Å². The van der Waals surface area contributed by atoms with Crippen molar-refractivity contribution in [3.8, 4) is 5.88 Å². The Morgan fingerprint density at radius 1 is 1.41 bits per heavy atom. The second-order valence-electron chi connectivity index (χ2n) is 5.07. The topological polar surface area (TPSA) is 61.0 Å². The summed E-state index contributed by atoms with van der Waals surface area (Å²) in [5, 5.41) is 0. The van der Waals surface area contributed by atoms with E-state index in [9.17, 15) is 0 Å². The van der Waals surface area contributed by atoms with E-state index in [0.29, 0.717) is 11.7 Å². The summed E-state index contributed by atoms with van der Waals surface area (Å²) in [6.45, 7) is 4.89. The molecule has 0 aliphatic heterocycles. The highest BCUT2D eigenvalue weighted by atomic mass is 16.5. The molecule has 94 valence electrons. The largest absolute Gasteiger partial charge is 0.477 e. The maximum Gasteiger partial charge on any atom is 0.222 e. The lowest BCUT2D eigenvalue weighted by Gasteiger charge is -2.25. The molecule has 0 saturated heterocycles. The number of anilines is 1. The van der Waals surface area contributed by atoms with Gasteiger partial charge in [0.1, 0.15) is 12.1 Å². The highest BCUT2D eigenvalue weighted by molar-refractivity contribution is 5.46. The summed E-state index contributed by atoms with van der Waals surface area (Å²) in [4.78, 5) is 8.21. The summed E-state index contributed by atoms with van der Waals surface area (Å²) < 4.78 is 5.75. The molecule has 1 aliphatic rings. The number of hydrogen-bond donors (Lipinski definition) is 1. The minimum atomic E-state index is 0.287. The first-order valence-electron chi connectivity index (χ1n) is 6.41. The van der Waals surface area contributed by atoms with E-state index in [4.69, 9.17) is 10.5 Å². The maximum absolute atomic E-state index is 5.86. The molecule has 0 amide bonds. The van der Waals surface area contributed by atoms with Gasteiger partial charge in [0.05, 0.1) is 12.2 Å². The molecule has 0 radical (unpaired) electrons. The van der Waals surface area contributed by atoms with Crippen LogP contribution < -0.4 is 10.5 Å². The summed E-state index contributed by atoms with van der Waals surface area (Å²) in [6.07, 6.45) is 6.68. The van der Waals surface area contributed by atoms with Crippen LogP contribution >= 0.6 is 0 Å². The molecule has 1 aliphatic carbocycles. The van der Waals surface area contributed by atoms with E-state index in [0.717, 1.165) is 24.5 Å².